The van der Waals surface area contributed by atoms with Crippen molar-refractivity contribution in [3.63, 3.8) is 0 Å². The van der Waals surface area contributed by atoms with E-state index in [4.69, 9.17) is 19.2 Å². The van der Waals surface area contributed by atoms with Crippen LogP contribution < -0.4 is 14.8 Å². The van der Waals surface area contributed by atoms with Crippen molar-refractivity contribution in [2.24, 2.45) is 0 Å². The van der Waals surface area contributed by atoms with E-state index in [0.717, 1.165) is 5.56 Å². The van der Waals surface area contributed by atoms with Gasteiger partial charge in [-0.05, 0) is 30.7 Å². The van der Waals surface area contributed by atoms with Crippen LogP contribution in [0.25, 0.3) is 12.2 Å². The molecule has 22 heavy (non-hydrogen) atoms. The maximum atomic E-state index is 9.00. The molecule has 0 aliphatic rings. The molecule has 2 rings (SSSR count). The van der Waals surface area contributed by atoms with Crippen LogP contribution in [0.1, 0.15) is 24.1 Å². The Morgan fingerprint density at radius 2 is 2.05 bits per heavy atom. The molecule has 1 aromatic carbocycles. The molecule has 1 aromatic heterocycles. The lowest BCUT2D eigenvalue weighted by Gasteiger charge is -2.07. The maximum Gasteiger partial charge on any atom is 0.232 e. The van der Waals surface area contributed by atoms with Gasteiger partial charge in [0.15, 0.2) is 11.5 Å². The van der Waals surface area contributed by atoms with Crippen LogP contribution in [0.2, 0.25) is 0 Å². The van der Waals surface area contributed by atoms with Crippen molar-refractivity contribution in [2.45, 2.75) is 6.92 Å². The summed E-state index contributed by atoms with van der Waals surface area (Å²) in [5.41, 5.74) is 1.15. The van der Waals surface area contributed by atoms with Gasteiger partial charge in [0.25, 0.3) is 0 Å². The summed E-state index contributed by atoms with van der Waals surface area (Å²) in [7, 11) is 3.17. The first-order valence-electron chi connectivity index (χ1n) is 6.76. The Bertz CT molecular complexity index is 714. The summed E-state index contributed by atoms with van der Waals surface area (Å²) in [4.78, 5) is 4.11. The number of nitrogens with zero attached hydrogens (tertiary/aromatic N) is 2. The number of benzene rings is 1. The van der Waals surface area contributed by atoms with Crippen LogP contribution in [0, 0.1) is 11.3 Å². The predicted molar refractivity (Wildman–Crippen MR) is 83.9 cm³/mol. The summed E-state index contributed by atoms with van der Waals surface area (Å²) >= 11 is 0. The first-order chi connectivity index (χ1) is 10.7. The van der Waals surface area contributed by atoms with Crippen LogP contribution >= 0.6 is 0 Å². The van der Waals surface area contributed by atoms with Gasteiger partial charge in [0, 0.05) is 12.6 Å². The van der Waals surface area contributed by atoms with Gasteiger partial charge in [0.1, 0.15) is 6.07 Å². The molecule has 0 unspecified atom stereocenters. The van der Waals surface area contributed by atoms with Gasteiger partial charge in [-0.15, -0.1) is 0 Å². The zero-order valence-corrected chi connectivity index (χ0v) is 12.7. The van der Waals surface area contributed by atoms with E-state index in [1.54, 1.807) is 20.3 Å². The van der Waals surface area contributed by atoms with Crippen molar-refractivity contribution >= 4 is 18.0 Å². The molecule has 0 saturated heterocycles. The number of oxazole rings is 1. The van der Waals surface area contributed by atoms with Gasteiger partial charge < -0.3 is 19.2 Å². The Hall–Kier alpha value is -2.94. The molecule has 1 heterocycles. The Labute approximate surface area is 129 Å². The molecule has 6 nitrogen and oxygen atoms in total. The lowest BCUT2D eigenvalue weighted by Crippen LogP contribution is -1.96. The first-order valence-corrected chi connectivity index (χ1v) is 6.76. The number of nitriles is 1. The number of rotatable bonds is 6. The van der Waals surface area contributed by atoms with Gasteiger partial charge >= 0.3 is 0 Å². The van der Waals surface area contributed by atoms with Crippen LogP contribution in [-0.2, 0) is 0 Å². The van der Waals surface area contributed by atoms with Crippen LogP contribution in [0.5, 0.6) is 11.5 Å². The largest absolute Gasteiger partial charge is 0.493 e. The fourth-order valence-corrected chi connectivity index (χ4v) is 1.89. The highest BCUT2D eigenvalue weighted by atomic mass is 16.5. The van der Waals surface area contributed by atoms with E-state index in [1.807, 2.05) is 37.3 Å². The van der Waals surface area contributed by atoms with Crippen LogP contribution in [0.4, 0.5) is 5.88 Å². The van der Waals surface area contributed by atoms with Gasteiger partial charge in [0.05, 0.1) is 14.2 Å². The number of anilines is 1. The second kappa shape index (κ2) is 7.18. The van der Waals surface area contributed by atoms with Crippen molar-refractivity contribution in [3.05, 3.63) is 35.3 Å². The Balaban J connectivity index is 2.23. The smallest absolute Gasteiger partial charge is 0.232 e. The third-order valence-electron chi connectivity index (χ3n) is 2.91. The second-order valence-electron chi connectivity index (χ2n) is 4.32. The number of ether oxygens (including phenoxy) is 2. The molecule has 0 amide bonds. The van der Waals surface area contributed by atoms with Crippen LogP contribution in [-0.4, -0.2) is 25.7 Å². The van der Waals surface area contributed by atoms with E-state index in [9.17, 15) is 0 Å². The van der Waals surface area contributed by atoms with E-state index >= 15 is 0 Å². The van der Waals surface area contributed by atoms with Crippen molar-refractivity contribution in [1.29, 1.82) is 5.26 Å². The number of nitrogens with one attached hydrogen (secondary N) is 1. The molecular formula is C16H17N3O3. The molecule has 0 spiro atoms. The lowest BCUT2D eigenvalue weighted by molar-refractivity contribution is 0.355. The molecule has 114 valence electrons. The normalized spacial score (nSPS) is 10.5. The fourth-order valence-electron chi connectivity index (χ4n) is 1.89. The molecule has 0 aliphatic carbocycles. The Kier molecular flexibility index (Phi) is 5.04. The van der Waals surface area contributed by atoms with Gasteiger partial charge in [-0.3, -0.25) is 0 Å². The number of hydrogen-bond donors (Lipinski definition) is 1. The van der Waals surface area contributed by atoms with E-state index in [0.29, 0.717) is 29.8 Å². The minimum absolute atomic E-state index is 0.244. The molecule has 0 radical (unpaired) electrons. The topological polar surface area (TPSA) is 80.3 Å². The molecule has 0 bridgehead atoms. The first kappa shape index (κ1) is 15.4. The maximum absolute atomic E-state index is 9.00. The zero-order chi connectivity index (χ0) is 15.9. The average Bonchev–Trinajstić information content (AvgIpc) is 2.95. The van der Waals surface area contributed by atoms with Gasteiger partial charge in [-0.25, -0.2) is 0 Å². The summed E-state index contributed by atoms with van der Waals surface area (Å²) in [6.45, 7) is 2.57. The zero-order valence-electron chi connectivity index (χ0n) is 12.7. The van der Waals surface area contributed by atoms with E-state index in [-0.39, 0.29) is 5.69 Å². The molecule has 0 aliphatic heterocycles. The highest BCUT2D eigenvalue weighted by molar-refractivity contribution is 5.68. The summed E-state index contributed by atoms with van der Waals surface area (Å²) in [6.07, 6.45) is 3.52. The van der Waals surface area contributed by atoms with Gasteiger partial charge in [-0.1, -0.05) is 6.07 Å². The summed E-state index contributed by atoms with van der Waals surface area (Å²) in [5, 5.41) is 12.0. The number of hydrogen-bond acceptors (Lipinski definition) is 6. The summed E-state index contributed by atoms with van der Waals surface area (Å²) < 4.78 is 15.9. The second-order valence-corrected chi connectivity index (χ2v) is 4.32. The fraction of sp³-hybridized carbons (Fsp3) is 0.250. The van der Waals surface area contributed by atoms with Gasteiger partial charge in [0.2, 0.25) is 17.5 Å². The summed E-state index contributed by atoms with van der Waals surface area (Å²) in [5.74, 6) is 2.05. The minimum atomic E-state index is 0.244. The average molecular weight is 299 g/mol. The van der Waals surface area contributed by atoms with Gasteiger partial charge in [-0.2, -0.15) is 10.2 Å². The van der Waals surface area contributed by atoms with E-state index < -0.39 is 0 Å². The lowest BCUT2D eigenvalue weighted by atomic mass is 10.2. The molecule has 2 aromatic rings. The molecule has 6 heteroatoms. The SMILES string of the molecule is CCNc1oc(/C=C/c2ccc(OC)c(OC)c2)nc1C#N. The van der Waals surface area contributed by atoms with Crippen molar-refractivity contribution in [3.8, 4) is 17.6 Å². The number of aromatic nitrogens is 1. The number of methoxy groups -OCH3 is 2. The van der Waals surface area contributed by atoms with Crippen molar-refractivity contribution in [2.75, 3.05) is 26.1 Å². The van der Waals surface area contributed by atoms with Crippen molar-refractivity contribution in [1.82, 2.24) is 4.98 Å². The quantitative estimate of drug-likeness (QED) is 0.882. The molecule has 0 atom stereocenters. The highest BCUT2D eigenvalue weighted by Gasteiger charge is 2.10. The van der Waals surface area contributed by atoms with Crippen LogP contribution in [0.15, 0.2) is 22.6 Å². The third kappa shape index (κ3) is 3.38. The summed E-state index contributed by atoms with van der Waals surface area (Å²) in [6, 6.07) is 7.54. The Morgan fingerprint density at radius 1 is 1.27 bits per heavy atom. The molecule has 1 N–H and O–H groups in total. The van der Waals surface area contributed by atoms with Crippen LogP contribution in [0.3, 0.4) is 0 Å². The molecule has 0 fully saturated rings. The molecular weight excluding hydrogens is 282 g/mol. The van der Waals surface area contributed by atoms with E-state index in [1.165, 1.54) is 0 Å². The minimum Gasteiger partial charge on any atom is -0.493 e. The van der Waals surface area contributed by atoms with E-state index in [2.05, 4.69) is 10.3 Å². The Morgan fingerprint density at radius 3 is 2.68 bits per heavy atom. The highest BCUT2D eigenvalue weighted by Crippen LogP contribution is 2.28. The predicted octanol–water partition coefficient (Wildman–Crippen LogP) is 3.17. The molecule has 0 saturated carbocycles. The monoisotopic (exact) mass is 299 g/mol. The third-order valence-corrected chi connectivity index (χ3v) is 2.91. The standard InChI is InChI=1S/C16H17N3O3/c1-4-18-16-12(10-17)19-15(22-16)8-6-11-5-7-13(20-2)14(9-11)21-3/h5-9,18H,4H2,1-3H3/b8-6+. The van der Waals surface area contributed by atoms with Crippen molar-refractivity contribution < 1.29 is 13.9 Å².